The van der Waals surface area contributed by atoms with Crippen LogP contribution in [0.1, 0.15) is 13.8 Å². The van der Waals surface area contributed by atoms with Crippen LogP contribution in [0.15, 0.2) is 98.1 Å². The molecule has 0 amide bonds. The molecular weight excluding hydrogens is 496 g/mol. The minimum Gasteiger partial charge on any atom is -0.488 e. The number of benzene rings is 4. The summed E-state index contributed by atoms with van der Waals surface area (Å²) in [5.74, 6) is 1.48. The van der Waals surface area contributed by atoms with Crippen molar-refractivity contribution in [2.24, 2.45) is 0 Å². The van der Waals surface area contributed by atoms with Gasteiger partial charge in [0.25, 0.3) is 0 Å². The Kier molecular flexibility index (Phi) is 8.84. The molecule has 0 aliphatic carbocycles. The molecule has 0 N–H and O–H groups in total. The summed E-state index contributed by atoms with van der Waals surface area (Å²) in [6, 6.07) is 22.8. The van der Waals surface area contributed by atoms with E-state index in [4.69, 9.17) is 23.7 Å². The fourth-order valence-electron chi connectivity index (χ4n) is 4.04. The third kappa shape index (κ3) is 6.76. The van der Waals surface area contributed by atoms with E-state index in [0.29, 0.717) is 23.0 Å². The Balaban J connectivity index is 1.78. The molecule has 4 aromatic rings. The van der Waals surface area contributed by atoms with Gasteiger partial charge in [-0.05, 0) is 44.2 Å². The van der Waals surface area contributed by atoms with Crippen molar-refractivity contribution in [1.29, 1.82) is 0 Å². The molecule has 2 unspecified atom stereocenters. The summed E-state index contributed by atoms with van der Waals surface area (Å²) in [4.78, 5) is 23.3. The van der Waals surface area contributed by atoms with Crippen molar-refractivity contribution in [3.8, 4) is 23.0 Å². The molecule has 0 spiro atoms. The third-order valence-corrected chi connectivity index (χ3v) is 5.77. The Morgan fingerprint density at radius 3 is 1.69 bits per heavy atom. The first-order valence-corrected chi connectivity index (χ1v) is 12.5. The molecule has 2 atom stereocenters. The highest BCUT2D eigenvalue weighted by molar-refractivity contribution is 6.11. The van der Waals surface area contributed by atoms with Crippen LogP contribution >= 0.6 is 0 Å². The second-order valence-electron chi connectivity index (χ2n) is 8.85. The predicted octanol–water partition coefficient (Wildman–Crippen LogP) is 6.78. The zero-order chi connectivity index (χ0) is 27.8. The lowest BCUT2D eigenvalue weighted by Crippen LogP contribution is -2.21. The number of esters is 2. The molecule has 0 radical (unpaired) electrons. The van der Waals surface area contributed by atoms with Gasteiger partial charge in [0.05, 0.1) is 0 Å². The van der Waals surface area contributed by atoms with Gasteiger partial charge in [-0.2, -0.15) is 0 Å². The van der Waals surface area contributed by atoms with Gasteiger partial charge in [-0.15, -0.1) is 0 Å². The molecule has 0 aliphatic rings. The van der Waals surface area contributed by atoms with Gasteiger partial charge in [0.15, 0.2) is 0 Å². The fourth-order valence-corrected chi connectivity index (χ4v) is 4.04. The van der Waals surface area contributed by atoms with Crippen LogP contribution in [0.4, 0.5) is 0 Å². The summed E-state index contributed by atoms with van der Waals surface area (Å²) in [7, 11) is 0. The summed E-state index contributed by atoms with van der Waals surface area (Å²) < 4.78 is 29.2. The summed E-state index contributed by atoms with van der Waals surface area (Å²) in [5, 5.41) is 3.14. The molecule has 0 heterocycles. The van der Waals surface area contributed by atoms with E-state index in [2.05, 4.69) is 13.2 Å². The van der Waals surface area contributed by atoms with Crippen LogP contribution in [0.3, 0.4) is 0 Å². The molecule has 0 bridgehead atoms. The minimum absolute atomic E-state index is 0.122. The van der Waals surface area contributed by atoms with Crippen molar-refractivity contribution in [3.63, 3.8) is 0 Å². The van der Waals surface area contributed by atoms with Crippen molar-refractivity contribution < 1.29 is 33.3 Å². The Morgan fingerprint density at radius 2 is 1.15 bits per heavy atom. The SMILES string of the molecule is C=CC(=O)OC(C)COc1c2ccccc2c(OCC(C)OC(=O)C=C)c2cc(Oc3ccccc3)ccc12. The quantitative estimate of drug-likeness (QED) is 0.114. The van der Waals surface area contributed by atoms with Gasteiger partial charge in [0.1, 0.15) is 48.4 Å². The first-order valence-electron chi connectivity index (χ1n) is 12.5. The van der Waals surface area contributed by atoms with Crippen molar-refractivity contribution in [1.82, 2.24) is 0 Å². The normalized spacial score (nSPS) is 12.3. The van der Waals surface area contributed by atoms with E-state index in [1.807, 2.05) is 72.8 Å². The largest absolute Gasteiger partial charge is 0.488 e. The Morgan fingerprint density at radius 1 is 0.667 bits per heavy atom. The van der Waals surface area contributed by atoms with Crippen molar-refractivity contribution in [2.75, 3.05) is 13.2 Å². The lowest BCUT2D eigenvalue weighted by molar-refractivity contribution is -0.144. The summed E-state index contributed by atoms with van der Waals surface area (Å²) in [6.45, 7) is 10.6. The molecular formula is C32H30O7. The average molecular weight is 527 g/mol. The third-order valence-electron chi connectivity index (χ3n) is 5.77. The molecule has 200 valence electrons. The molecule has 7 heteroatoms. The van der Waals surface area contributed by atoms with Gasteiger partial charge >= 0.3 is 11.9 Å². The summed E-state index contributed by atoms with van der Waals surface area (Å²) in [6.07, 6.45) is 1.23. The molecule has 0 saturated heterocycles. The highest BCUT2D eigenvalue weighted by Crippen LogP contribution is 2.44. The van der Waals surface area contributed by atoms with Crippen LogP contribution < -0.4 is 14.2 Å². The molecule has 7 nitrogen and oxygen atoms in total. The van der Waals surface area contributed by atoms with E-state index < -0.39 is 24.1 Å². The van der Waals surface area contributed by atoms with E-state index in [-0.39, 0.29) is 13.2 Å². The number of ether oxygens (including phenoxy) is 5. The number of fused-ring (bicyclic) bond motifs is 2. The second-order valence-corrected chi connectivity index (χ2v) is 8.85. The van der Waals surface area contributed by atoms with Crippen LogP contribution in [0.2, 0.25) is 0 Å². The summed E-state index contributed by atoms with van der Waals surface area (Å²) >= 11 is 0. The number of hydrogen-bond acceptors (Lipinski definition) is 7. The first-order chi connectivity index (χ1) is 18.9. The highest BCUT2D eigenvalue weighted by Gasteiger charge is 2.20. The zero-order valence-corrected chi connectivity index (χ0v) is 21.9. The Labute approximate surface area is 227 Å². The number of carbonyl (C=O) groups excluding carboxylic acids is 2. The lowest BCUT2D eigenvalue weighted by Gasteiger charge is -2.21. The van der Waals surface area contributed by atoms with Crippen molar-refractivity contribution in [2.45, 2.75) is 26.1 Å². The van der Waals surface area contributed by atoms with Crippen molar-refractivity contribution >= 4 is 33.5 Å². The molecule has 0 aromatic heterocycles. The molecule has 4 aromatic carbocycles. The second kappa shape index (κ2) is 12.6. The number of rotatable bonds is 12. The fraction of sp³-hybridized carbons (Fsp3) is 0.188. The Hall–Kier alpha value is -4.78. The monoisotopic (exact) mass is 526 g/mol. The van der Waals surface area contributed by atoms with E-state index in [9.17, 15) is 9.59 Å². The molecule has 0 fully saturated rings. The number of carbonyl (C=O) groups is 2. The number of hydrogen-bond donors (Lipinski definition) is 0. The van der Waals surface area contributed by atoms with Crippen LogP contribution in [-0.4, -0.2) is 37.4 Å². The van der Waals surface area contributed by atoms with E-state index in [0.717, 1.165) is 33.7 Å². The Bertz CT molecular complexity index is 1490. The first kappa shape index (κ1) is 27.3. The highest BCUT2D eigenvalue weighted by atomic mass is 16.6. The lowest BCUT2D eigenvalue weighted by atomic mass is 10.00. The smallest absolute Gasteiger partial charge is 0.330 e. The minimum atomic E-state index is -0.519. The van der Waals surface area contributed by atoms with Crippen LogP contribution in [0.5, 0.6) is 23.0 Å². The molecule has 39 heavy (non-hydrogen) atoms. The van der Waals surface area contributed by atoms with Gasteiger partial charge in [-0.1, -0.05) is 55.6 Å². The predicted molar refractivity (Wildman–Crippen MR) is 150 cm³/mol. The van der Waals surface area contributed by atoms with Gasteiger partial charge in [-0.25, -0.2) is 9.59 Å². The maximum atomic E-state index is 11.7. The maximum Gasteiger partial charge on any atom is 0.330 e. The zero-order valence-electron chi connectivity index (χ0n) is 21.9. The van der Waals surface area contributed by atoms with E-state index in [1.165, 1.54) is 0 Å². The molecule has 0 aliphatic heterocycles. The standard InChI is InChI=1S/C32H30O7/c1-5-29(33)37-21(3)19-35-31-25-14-10-11-15-26(25)32(36-20-22(4)38-30(34)6-2)28-18-24(16-17-27(28)31)39-23-12-8-7-9-13-23/h5-18,21-22H,1-2,19-20H2,3-4H3. The van der Waals surface area contributed by atoms with E-state index in [1.54, 1.807) is 13.8 Å². The van der Waals surface area contributed by atoms with Crippen molar-refractivity contribution in [3.05, 3.63) is 98.1 Å². The maximum absolute atomic E-state index is 11.7. The van der Waals surface area contributed by atoms with Gasteiger partial charge < -0.3 is 23.7 Å². The topological polar surface area (TPSA) is 80.3 Å². The summed E-state index contributed by atoms with van der Waals surface area (Å²) in [5.41, 5.74) is 0. The van der Waals surface area contributed by atoms with Crippen LogP contribution in [0.25, 0.3) is 21.5 Å². The van der Waals surface area contributed by atoms with Crippen LogP contribution in [-0.2, 0) is 19.1 Å². The average Bonchev–Trinajstić information content (AvgIpc) is 2.95. The van der Waals surface area contributed by atoms with Gasteiger partial charge in [0, 0.05) is 33.7 Å². The van der Waals surface area contributed by atoms with Gasteiger partial charge in [0.2, 0.25) is 0 Å². The number of para-hydroxylation sites is 1. The van der Waals surface area contributed by atoms with Gasteiger partial charge in [-0.3, -0.25) is 0 Å². The van der Waals surface area contributed by atoms with E-state index >= 15 is 0 Å². The van der Waals surface area contributed by atoms with Crippen LogP contribution in [0, 0.1) is 0 Å². The molecule has 4 rings (SSSR count). The molecule has 0 saturated carbocycles.